The van der Waals surface area contributed by atoms with Gasteiger partial charge in [0.15, 0.2) is 0 Å². The molecule has 1 atom stereocenters. The van der Waals surface area contributed by atoms with Crippen molar-refractivity contribution in [2.24, 2.45) is 5.73 Å². The molecule has 18 heavy (non-hydrogen) atoms. The van der Waals surface area contributed by atoms with Crippen molar-refractivity contribution in [3.63, 3.8) is 0 Å². The maximum Gasteiger partial charge on any atom is 0.221 e. The molecule has 1 amide bonds. The molecule has 0 radical (unpaired) electrons. The summed E-state index contributed by atoms with van der Waals surface area (Å²) in [6.45, 7) is 8.47. The van der Waals surface area contributed by atoms with Gasteiger partial charge in [-0.3, -0.25) is 4.79 Å². The molecule has 0 fully saturated rings. The average molecular weight is 248 g/mol. The van der Waals surface area contributed by atoms with Crippen molar-refractivity contribution in [2.45, 2.75) is 45.6 Å². The SMILES string of the molecule is Cc1ccccc1C(C)CC(=O)NC(C)(C)CN. The van der Waals surface area contributed by atoms with E-state index in [0.717, 1.165) is 0 Å². The Morgan fingerprint density at radius 3 is 2.56 bits per heavy atom. The van der Waals surface area contributed by atoms with Crippen LogP contribution in [0.4, 0.5) is 0 Å². The summed E-state index contributed by atoms with van der Waals surface area (Å²) in [5.74, 6) is 0.279. The summed E-state index contributed by atoms with van der Waals surface area (Å²) in [6.07, 6.45) is 0.494. The van der Waals surface area contributed by atoms with E-state index in [1.807, 2.05) is 26.0 Å². The summed E-state index contributed by atoms with van der Waals surface area (Å²) < 4.78 is 0. The highest BCUT2D eigenvalue weighted by Crippen LogP contribution is 2.22. The molecule has 3 N–H and O–H groups in total. The van der Waals surface area contributed by atoms with Gasteiger partial charge < -0.3 is 11.1 Å². The maximum atomic E-state index is 11.9. The fraction of sp³-hybridized carbons (Fsp3) is 0.533. The van der Waals surface area contributed by atoms with Crippen molar-refractivity contribution in [3.05, 3.63) is 35.4 Å². The summed E-state index contributed by atoms with van der Waals surface area (Å²) in [7, 11) is 0. The van der Waals surface area contributed by atoms with Gasteiger partial charge >= 0.3 is 0 Å². The van der Waals surface area contributed by atoms with Crippen LogP contribution < -0.4 is 11.1 Å². The summed E-state index contributed by atoms with van der Waals surface area (Å²) in [6, 6.07) is 8.19. The van der Waals surface area contributed by atoms with Gasteiger partial charge in [0.2, 0.25) is 5.91 Å². The van der Waals surface area contributed by atoms with Crippen molar-refractivity contribution in [2.75, 3.05) is 6.54 Å². The molecule has 0 bridgehead atoms. The number of nitrogens with one attached hydrogen (secondary N) is 1. The van der Waals surface area contributed by atoms with Crippen LogP contribution in [0.5, 0.6) is 0 Å². The largest absolute Gasteiger partial charge is 0.350 e. The van der Waals surface area contributed by atoms with Crippen LogP contribution in [-0.4, -0.2) is 18.0 Å². The third-order valence-electron chi connectivity index (χ3n) is 3.20. The molecular weight excluding hydrogens is 224 g/mol. The Morgan fingerprint density at radius 1 is 1.39 bits per heavy atom. The van der Waals surface area contributed by atoms with Gasteiger partial charge in [0.1, 0.15) is 0 Å². The molecule has 0 saturated carbocycles. The summed E-state index contributed by atoms with van der Waals surface area (Å²) in [4.78, 5) is 11.9. The molecule has 0 spiro atoms. The normalized spacial score (nSPS) is 13.2. The van der Waals surface area contributed by atoms with Crippen LogP contribution in [0.3, 0.4) is 0 Å². The molecule has 0 aromatic heterocycles. The minimum absolute atomic E-state index is 0.0567. The Labute approximate surface area is 110 Å². The van der Waals surface area contributed by atoms with Crippen LogP contribution in [-0.2, 0) is 4.79 Å². The quantitative estimate of drug-likeness (QED) is 0.840. The second-order valence-corrected chi connectivity index (χ2v) is 5.60. The van der Waals surface area contributed by atoms with Crippen LogP contribution in [0, 0.1) is 6.92 Å². The highest BCUT2D eigenvalue weighted by Gasteiger charge is 2.20. The second kappa shape index (κ2) is 6.01. The predicted octanol–water partition coefficient (Wildman–Crippen LogP) is 2.34. The first-order valence-corrected chi connectivity index (χ1v) is 6.42. The molecule has 3 nitrogen and oxygen atoms in total. The summed E-state index contributed by atoms with van der Waals surface area (Å²) in [5, 5.41) is 2.96. The number of aryl methyl sites for hydroxylation is 1. The topological polar surface area (TPSA) is 55.1 Å². The Hall–Kier alpha value is -1.35. The van der Waals surface area contributed by atoms with E-state index in [9.17, 15) is 4.79 Å². The second-order valence-electron chi connectivity index (χ2n) is 5.60. The fourth-order valence-corrected chi connectivity index (χ4v) is 2.01. The van der Waals surface area contributed by atoms with Gasteiger partial charge in [-0.2, -0.15) is 0 Å². The van der Waals surface area contributed by atoms with E-state index in [4.69, 9.17) is 5.73 Å². The van der Waals surface area contributed by atoms with E-state index in [0.29, 0.717) is 13.0 Å². The highest BCUT2D eigenvalue weighted by molar-refractivity contribution is 5.77. The van der Waals surface area contributed by atoms with E-state index >= 15 is 0 Å². The maximum absolute atomic E-state index is 11.9. The Kier molecular flexibility index (Phi) is 4.91. The number of hydrogen-bond acceptors (Lipinski definition) is 2. The molecule has 1 aromatic rings. The van der Waals surface area contributed by atoms with Gasteiger partial charge in [-0.1, -0.05) is 31.2 Å². The zero-order valence-electron chi connectivity index (χ0n) is 11.8. The van der Waals surface area contributed by atoms with Crippen LogP contribution in [0.25, 0.3) is 0 Å². The lowest BCUT2D eigenvalue weighted by Crippen LogP contribution is -2.49. The summed E-state index contributed by atoms with van der Waals surface area (Å²) >= 11 is 0. The number of benzene rings is 1. The number of amides is 1. The van der Waals surface area contributed by atoms with E-state index < -0.39 is 0 Å². The summed E-state index contributed by atoms with van der Waals surface area (Å²) in [5.41, 5.74) is 7.74. The zero-order chi connectivity index (χ0) is 13.8. The first-order chi connectivity index (χ1) is 8.35. The van der Waals surface area contributed by atoms with E-state index in [1.165, 1.54) is 11.1 Å². The van der Waals surface area contributed by atoms with Crippen molar-refractivity contribution in [3.8, 4) is 0 Å². The van der Waals surface area contributed by atoms with Gasteiger partial charge in [0, 0.05) is 18.5 Å². The minimum Gasteiger partial charge on any atom is -0.350 e. The van der Waals surface area contributed by atoms with Crippen LogP contribution in [0.1, 0.15) is 44.2 Å². The minimum atomic E-state index is -0.331. The molecular formula is C15H24N2O. The average Bonchev–Trinajstić information content (AvgIpc) is 2.28. The monoisotopic (exact) mass is 248 g/mol. The Bertz CT molecular complexity index is 413. The molecule has 0 aliphatic rings. The number of carbonyl (C=O) groups excluding carboxylic acids is 1. The third-order valence-corrected chi connectivity index (χ3v) is 3.20. The van der Waals surface area contributed by atoms with Crippen molar-refractivity contribution in [1.29, 1.82) is 0 Å². The number of rotatable bonds is 5. The lowest BCUT2D eigenvalue weighted by atomic mass is 9.93. The molecule has 1 rings (SSSR count). The van der Waals surface area contributed by atoms with E-state index in [-0.39, 0.29) is 17.4 Å². The first kappa shape index (κ1) is 14.7. The lowest BCUT2D eigenvalue weighted by molar-refractivity contribution is -0.122. The Morgan fingerprint density at radius 2 is 2.00 bits per heavy atom. The molecule has 0 saturated heterocycles. The van der Waals surface area contributed by atoms with E-state index in [1.54, 1.807) is 0 Å². The van der Waals surface area contributed by atoms with Crippen molar-refractivity contribution in [1.82, 2.24) is 5.32 Å². The third kappa shape index (κ3) is 4.15. The predicted molar refractivity (Wildman–Crippen MR) is 75.5 cm³/mol. The van der Waals surface area contributed by atoms with Gasteiger partial charge in [0.25, 0.3) is 0 Å². The molecule has 0 aliphatic heterocycles. The molecule has 0 heterocycles. The number of hydrogen-bond donors (Lipinski definition) is 2. The number of carbonyl (C=O) groups is 1. The highest BCUT2D eigenvalue weighted by atomic mass is 16.1. The lowest BCUT2D eigenvalue weighted by Gasteiger charge is -2.25. The van der Waals surface area contributed by atoms with Crippen molar-refractivity contribution < 1.29 is 4.79 Å². The molecule has 1 aromatic carbocycles. The van der Waals surface area contributed by atoms with Crippen molar-refractivity contribution >= 4 is 5.91 Å². The van der Waals surface area contributed by atoms with Gasteiger partial charge in [-0.25, -0.2) is 0 Å². The van der Waals surface area contributed by atoms with Gasteiger partial charge in [0.05, 0.1) is 0 Å². The Balaban J connectivity index is 2.63. The first-order valence-electron chi connectivity index (χ1n) is 6.42. The number of nitrogens with two attached hydrogens (primary N) is 1. The van der Waals surface area contributed by atoms with E-state index in [2.05, 4.69) is 31.3 Å². The fourth-order valence-electron chi connectivity index (χ4n) is 2.01. The van der Waals surface area contributed by atoms with Crippen LogP contribution >= 0.6 is 0 Å². The molecule has 1 unspecified atom stereocenters. The molecule has 0 aliphatic carbocycles. The smallest absolute Gasteiger partial charge is 0.221 e. The zero-order valence-corrected chi connectivity index (χ0v) is 11.8. The van der Waals surface area contributed by atoms with Gasteiger partial charge in [-0.15, -0.1) is 0 Å². The van der Waals surface area contributed by atoms with Crippen LogP contribution in [0.15, 0.2) is 24.3 Å². The van der Waals surface area contributed by atoms with Gasteiger partial charge in [-0.05, 0) is 37.8 Å². The molecule has 3 heteroatoms. The standard InChI is InChI=1S/C15H24N2O/c1-11-7-5-6-8-13(11)12(2)9-14(18)17-15(3,4)10-16/h5-8,12H,9-10,16H2,1-4H3,(H,17,18). The molecule has 100 valence electrons. The van der Waals surface area contributed by atoms with Crippen LogP contribution in [0.2, 0.25) is 0 Å².